The van der Waals surface area contributed by atoms with Crippen LogP contribution in [0.15, 0.2) is 35.5 Å². The number of imide groups is 1. The monoisotopic (exact) mass is 314 g/mol. The van der Waals surface area contributed by atoms with E-state index in [1.54, 1.807) is 4.90 Å². The number of nitrogens with one attached hydrogen (secondary N) is 1. The average molecular weight is 314 g/mol. The molecule has 0 bridgehead atoms. The van der Waals surface area contributed by atoms with Gasteiger partial charge in [0.05, 0.1) is 5.92 Å². The van der Waals surface area contributed by atoms with Crippen molar-refractivity contribution in [2.45, 2.75) is 39.7 Å². The maximum absolute atomic E-state index is 12.8. The van der Waals surface area contributed by atoms with Crippen LogP contribution in [0.25, 0.3) is 0 Å². The van der Waals surface area contributed by atoms with E-state index in [2.05, 4.69) is 32.2 Å². The molecule has 1 saturated heterocycles. The van der Waals surface area contributed by atoms with Gasteiger partial charge in [0.25, 0.3) is 0 Å². The Hall–Kier alpha value is -2.17. The number of rotatable bonds is 1. The molecule has 2 unspecified atom stereocenters. The number of hydrogen-bond donors (Lipinski definition) is 1. The lowest BCUT2D eigenvalue weighted by Crippen LogP contribution is -2.56. The third-order valence-corrected chi connectivity index (χ3v) is 4.67. The van der Waals surface area contributed by atoms with Gasteiger partial charge in [0, 0.05) is 13.0 Å². The molecule has 23 heavy (non-hydrogen) atoms. The summed E-state index contributed by atoms with van der Waals surface area (Å²) < 4.78 is 0. The van der Waals surface area contributed by atoms with E-state index in [1.807, 2.05) is 18.2 Å². The Kier molecular flexibility index (Phi) is 3.74. The molecule has 1 N–H and O–H groups in total. The number of nitrogens with zero attached hydrogens (tertiary/aromatic N) is 1. The molecule has 1 fully saturated rings. The van der Waals surface area contributed by atoms with E-state index in [-0.39, 0.29) is 35.5 Å². The van der Waals surface area contributed by atoms with Crippen molar-refractivity contribution in [3.05, 3.63) is 35.5 Å². The summed E-state index contributed by atoms with van der Waals surface area (Å²) in [6.07, 6.45) is 8.72. The van der Waals surface area contributed by atoms with Crippen LogP contribution < -0.4 is 5.32 Å². The van der Waals surface area contributed by atoms with E-state index in [0.717, 1.165) is 5.57 Å². The van der Waals surface area contributed by atoms with Crippen molar-refractivity contribution in [1.82, 2.24) is 10.2 Å². The second-order valence-electron chi connectivity index (χ2n) is 7.35. The van der Waals surface area contributed by atoms with Crippen molar-refractivity contribution in [1.29, 1.82) is 0 Å². The first-order valence-corrected chi connectivity index (χ1v) is 8.02. The molecule has 0 spiro atoms. The van der Waals surface area contributed by atoms with Crippen molar-refractivity contribution < 1.29 is 14.4 Å². The summed E-state index contributed by atoms with van der Waals surface area (Å²) in [7, 11) is 0. The van der Waals surface area contributed by atoms with Gasteiger partial charge in [-0.25, -0.2) is 0 Å². The SMILES string of the molecule is CC(C)(C)C1=CC2=CCN(C3CCC(=O)NC3=O)C(=O)C2C=C1. The van der Waals surface area contributed by atoms with Crippen molar-refractivity contribution >= 4 is 17.7 Å². The van der Waals surface area contributed by atoms with Gasteiger partial charge in [-0.3, -0.25) is 19.7 Å². The van der Waals surface area contributed by atoms with Gasteiger partial charge in [0.2, 0.25) is 17.7 Å². The minimum Gasteiger partial charge on any atom is -0.326 e. The molecule has 3 amide bonds. The lowest BCUT2D eigenvalue weighted by atomic mass is 9.78. The molecular formula is C18H22N2O3. The number of carbonyl (C=O) groups excluding carboxylic acids is 3. The van der Waals surface area contributed by atoms with Crippen LogP contribution in [0.2, 0.25) is 0 Å². The fourth-order valence-corrected chi connectivity index (χ4v) is 3.24. The summed E-state index contributed by atoms with van der Waals surface area (Å²) in [5, 5.41) is 2.32. The molecule has 2 heterocycles. The normalized spacial score (nSPS) is 28.1. The van der Waals surface area contributed by atoms with Gasteiger partial charge in [-0.15, -0.1) is 0 Å². The number of hydrogen-bond acceptors (Lipinski definition) is 3. The predicted molar refractivity (Wildman–Crippen MR) is 86.1 cm³/mol. The summed E-state index contributed by atoms with van der Waals surface area (Å²) in [6.45, 7) is 6.85. The van der Waals surface area contributed by atoms with E-state index < -0.39 is 6.04 Å². The molecule has 5 nitrogen and oxygen atoms in total. The smallest absolute Gasteiger partial charge is 0.249 e. The van der Waals surface area contributed by atoms with Gasteiger partial charge < -0.3 is 4.90 Å². The van der Waals surface area contributed by atoms with Gasteiger partial charge in [-0.1, -0.05) is 45.1 Å². The summed E-state index contributed by atoms with van der Waals surface area (Å²) >= 11 is 0. The van der Waals surface area contributed by atoms with Crippen LogP contribution in [-0.2, 0) is 14.4 Å². The van der Waals surface area contributed by atoms with Crippen LogP contribution >= 0.6 is 0 Å². The second-order valence-corrected chi connectivity index (χ2v) is 7.35. The highest BCUT2D eigenvalue weighted by atomic mass is 16.2. The Labute approximate surface area is 136 Å². The first-order chi connectivity index (χ1) is 10.8. The van der Waals surface area contributed by atoms with Crippen LogP contribution in [-0.4, -0.2) is 35.2 Å². The van der Waals surface area contributed by atoms with Crippen LogP contribution in [0.4, 0.5) is 0 Å². The maximum atomic E-state index is 12.8. The summed E-state index contributed by atoms with van der Waals surface area (Å²) in [4.78, 5) is 37.7. The molecule has 122 valence electrons. The maximum Gasteiger partial charge on any atom is 0.249 e. The van der Waals surface area contributed by atoms with Gasteiger partial charge in [0.15, 0.2) is 0 Å². The molecule has 0 aromatic heterocycles. The molecule has 3 aliphatic rings. The minimum absolute atomic E-state index is 0.0338. The minimum atomic E-state index is -0.542. The van der Waals surface area contributed by atoms with Crippen molar-refractivity contribution in [3.63, 3.8) is 0 Å². The Morgan fingerprint density at radius 1 is 1.22 bits per heavy atom. The molecule has 1 aliphatic carbocycles. The van der Waals surface area contributed by atoms with Crippen molar-refractivity contribution in [3.8, 4) is 0 Å². The Morgan fingerprint density at radius 3 is 2.61 bits per heavy atom. The fourth-order valence-electron chi connectivity index (χ4n) is 3.24. The van der Waals surface area contributed by atoms with Crippen LogP contribution in [0.3, 0.4) is 0 Å². The Bertz CT molecular complexity index is 664. The highest BCUT2D eigenvalue weighted by Gasteiger charge is 2.39. The summed E-state index contributed by atoms with van der Waals surface area (Å²) in [5.41, 5.74) is 2.24. The molecule has 2 atom stereocenters. The lowest BCUT2D eigenvalue weighted by Gasteiger charge is -2.38. The highest BCUT2D eigenvalue weighted by Crippen LogP contribution is 2.36. The quantitative estimate of drug-likeness (QED) is 0.749. The van der Waals surface area contributed by atoms with Gasteiger partial charge in [-0.2, -0.15) is 0 Å². The second kappa shape index (κ2) is 5.48. The molecule has 0 aromatic rings. The number of piperidine rings is 1. The molecule has 0 saturated carbocycles. The highest BCUT2D eigenvalue weighted by molar-refractivity contribution is 6.02. The first-order valence-electron chi connectivity index (χ1n) is 8.02. The topological polar surface area (TPSA) is 66.5 Å². The van der Waals surface area contributed by atoms with E-state index in [9.17, 15) is 14.4 Å². The third kappa shape index (κ3) is 2.87. The Morgan fingerprint density at radius 2 is 1.96 bits per heavy atom. The van der Waals surface area contributed by atoms with Crippen LogP contribution in [0.5, 0.6) is 0 Å². The van der Waals surface area contributed by atoms with E-state index in [4.69, 9.17) is 0 Å². The Balaban J connectivity index is 1.83. The largest absolute Gasteiger partial charge is 0.326 e. The first kappa shape index (κ1) is 15.7. The van der Waals surface area contributed by atoms with E-state index >= 15 is 0 Å². The molecule has 0 radical (unpaired) electrons. The zero-order chi connectivity index (χ0) is 16.8. The third-order valence-electron chi connectivity index (χ3n) is 4.67. The van der Waals surface area contributed by atoms with Gasteiger partial charge in [-0.05, 0) is 23.0 Å². The number of fused-ring (bicyclic) bond motifs is 1. The molecular weight excluding hydrogens is 292 g/mol. The average Bonchev–Trinajstić information content (AvgIpc) is 2.47. The number of amides is 3. The molecule has 2 aliphatic heterocycles. The van der Waals surface area contributed by atoms with E-state index in [0.29, 0.717) is 13.0 Å². The van der Waals surface area contributed by atoms with Crippen molar-refractivity contribution in [2.24, 2.45) is 11.3 Å². The molecule has 0 aromatic carbocycles. The van der Waals surface area contributed by atoms with Gasteiger partial charge in [0.1, 0.15) is 6.04 Å². The zero-order valence-corrected chi connectivity index (χ0v) is 13.8. The summed E-state index contributed by atoms with van der Waals surface area (Å²) in [5.74, 6) is -1.00. The van der Waals surface area contributed by atoms with Crippen LogP contribution in [0.1, 0.15) is 33.6 Å². The predicted octanol–water partition coefficient (Wildman–Crippen LogP) is 1.72. The standard InChI is InChI=1S/C18H22N2O3/c1-18(2,3)12-4-5-13-11(10-12)8-9-20(17(13)23)14-6-7-15(21)19-16(14)22/h4-5,8,10,13-14H,6-7,9H2,1-3H3,(H,19,21,22). The number of allylic oxidation sites excluding steroid dienone is 3. The van der Waals surface area contributed by atoms with Gasteiger partial charge >= 0.3 is 0 Å². The van der Waals surface area contributed by atoms with Crippen molar-refractivity contribution in [2.75, 3.05) is 6.54 Å². The lowest BCUT2D eigenvalue weighted by molar-refractivity contribution is -0.146. The fraction of sp³-hybridized carbons (Fsp3) is 0.500. The van der Waals surface area contributed by atoms with E-state index in [1.165, 1.54) is 5.57 Å². The molecule has 5 heteroatoms. The summed E-state index contributed by atoms with van der Waals surface area (Å²) in [6, 6.07) is -0.542. The zero-order valence-electron chi connectivity index (χ0n) is 13.8. The van der Waals surface area contributed by atoms with Crippen LogP contribution in [0, 0.1) is 11.3 Å². The molecule has 3 rings (SSSR count). The number of carbonyl (C=O) groups is 3.